The molecule has 1 heterocycles. The van der Waals surface area contributed by atoms with Gasteiger partial charge in [-0.05, 0) is 42.3 Å². The number of hydrogen-bond donors (Lipinski definition) is 1. The number of sulfonamides is 1. The maximum Gasteiger partial charge on any atom is 0.241 e. The van der Waals surface area contributed by atoms with Gasteiger partial charge in [0.1, 0.15) is 16.5 Å². The van der Waals surface area contributed by atoms with Crippen LogP contribution in [0.4, 0.5) is 8.78 Å². The molecule has 0 unspecified atom stereocenters. The molecule has 4 nitrogen and oxygen atoms in total. The van der Waals surface area contributed by atoms with Gasteiger partial charge in [0.15, 0.2) is 0 Å². The number of hydrogen-bond acceptors (Lipinski definition) is 3. The number of halogens is 3. The third-order valence-corrected chi connectivity index (χ3v) is 5.21. The predicted molar refractivity (Wildman–Crippen MR) is 96.1 cm³/mol. The fourth-order valence-corrected chi connectivity index (χ4v) is 3.32. The van der Waals surface area contributed by atoms with Gasteiger partial charge in [0.25, 0.3) is 0 Å². The molecule has 3 aromatic rings. The second-order valence-corrected chi connectivity index (χ2v) is 7.61. The smallest absolute Gasteiger partial charge is 0.241 e. The number of nitrogens with two attached hydrogens (primary N) is 1. The quantitative estimate of drug-likeness (QED) is 0.719. The summed E-state index contributed by atoms with van der Waals surface area (Å²) >= 11 is 6.15. The second kappa shape index (κ2) is 6.75. The van der Waals surface area contributed by atoms with Crippen LogP contribution in [0.15, 0.2) is 53.6 Å². The average molecular weight is 395 g/mol. The minimum absolute atomic E-state index is 0.157. The van der Waals surface area contributed by atoms with Crippen LogP contribution < -0.4 is 5.14 Å². The predicted octanol–water partition coefficient (Wildman–Crippen LogP) is 4.30. The molecule has 2 aromatic carbocycles. The fourth-order valence-electron chi connectivity index (χ4n) is 2.54. The molecule has 26 heavy (non-hydrogen) atoms. The molecule has 0 saturated heterocycles. The SMILES string of the molecule is Cc1ccc(-c2cccnc2-c2cc(F)c(S(N)(=O)=O)cc2F)cc1Cl. The zero-order valence-corrected chi connectivity index (χ0v) is 15.1. The van der Waals surface area contributed by atoms with Crippen molar-refractivity contribution in [1.82, 2.24) is 4.98 Å². The maximum absolute atomic E-state index is 14.5. The first-order valence-corrected chi connectivity index (χ1v) is 9.34. The van der Waals surface area contributed by atoms with Gasteiger partial charge in [-0.15, -0.1) is 0 Å². The van der Waals surface area contributed by atoms with Crippen molar-refractivity contribution in [3.8, 4) is 22.4 Å². The molecular formula is C18H13ClF2N2O2S. The lowest BCUT2D eigenvalue weighted by atomic mass is 9.98. The summed E-state index contributed by atoms with van der Waals surface area (Å²) in [6.07, 6.45) is 1.43. The number of aryl methyl sites for hydroxylation is 1. The van der Waals surface area contributed by atoms with Crippen LogP contribution in [0, 0.1) is 18.6 Å². The number of nitrogens with zero attached hydrogens (tertiary/aromatic N) is 1. The molecule has 0 amide bonds. The zero-order valence-electron chi connectivity index (χ0n) is 13.5. The van der Waals surface area contributed by atoms with Crippen molar-refractivity contribution in [2.24, 2.45) is 5.14 Å². The van der Waals surface area contributed by atoms with E-state index in [-0.39, 0.29) is 11.3 Å². The Labute approximate surface area is 154 Å². The Morgan fingerprint density at radius 3 is 2.42 bits per heavy atom. The van der Waals surface area contributed by atoms with Crippen molar-refractivity contribution >= 4 is 21.6 Å². The van der Waals surface area contributed by atoms with Crippen molar-refractivity contribution in [1.29, 1.82) is 0 Å². The Balaban J connectivity index is 2.23. The van der Waals surface area contributed by atoms with Crippen LogP contribution in [-0.2, 0) is 10.0 Å². The minimum atomic E-state index is -4.38. The summed E-state index contributed by atoms with van der Waals surface area (Å²) in [6, 6.07) is 9.96. The van der Waals surface area contributed by atoms with Gasteiger partial charge in [-0.3, -0.25) is 4.98 Å². The molecule has 0 aliphatic heterocycles. The van der Waals surface area contributed by atoms with E-state index in [1.54, 1.807) is 30.3 Å². The van der Waals surface area contributed by atoms with Crippen LogP contribution in [0.5, 0.6) is 0 Å². The summed E-state index contributed by atoms with van der Waals surface area (Å²) in [5.41, 5.74) is 2.04. The normalized spacial score (nSPS) is 11.6. The molecule has 3 rings (SSSR count). The Bertz CT molecular complexity index is 1120. The Hall–Kier alpha value is -2.35. The van der Waals surface area contributed by atoms with Crippen LogP contribution in [0.1, 0.15) is 5.56 Å². The minimum Gasteiger partial charge on any atom is -0.255 e. The van der Waals surface area contributed by atoms with Gasteiger partial charge in [0.2, 0.25) is 10.0 Å². The van der Waals surface area contributed by atoms with Crippen molar-refractivity contribution in [3.63, 3.8) is 0 Å². The number of primary sulfonamides is 1. The van der Waals surface area contributed by atoms with Gasteiger partial charge in [-0.2, -0.15) is 0 Å². The van der Waals surface area contributed by atoms with Gasteiger partial charge in [0, 0.05) is 22.3 Å². The molecule has 0 aliphatic carbocycles. The molecule has 8 heteroatoms. The average Bonchev–Trinajstić information content (AvgIpc) is 2.58. The molecule has 0 radical (unpaired) electrons. The monoisotopic (exact) mass is 394 g/mol. The van der Waals surface area contributed by atoms with Gasteiger partial charge in [-0.1, -0.05) is 29.8 Å². The van der Waals surface area contributed by atoms with Crippen LogP contribution >= 0.6 is 11.6 Å². The first kappa shape index (κ1) is 18.4. The molecule has 134 valence electrons. The standard InChI is InChI=1S/C18H13ClF2N2O2S/c1-10-4-5-11(7-14(10)19)12-3-2-6-23-18(12)13-8-16(21)17(9-15(13)20)26(22,24)25/h2-9H,1H3,(H2,22,24,25). The molecule has 0 fully saturated rings. The summed E-state index contributed by atoms with van der Waals surface area (Å²) < 4.78 is 51.4. The van der Waals surface area contributed by atoms with Gasteiger partial charge in [0.05, 0.1) is 5.69 Å². The van der Waals surface area contributed by atoms with E-state index in [9.17, 15) is 17.2 Å². The largest absolute Gasteiger partial charge is 0.255 e. The summed E-state index contributed by atoms with van der Waals surface area (Å²) in [7, 11) is -4.38. The Kier molecular flexibility index (Phi) is 4.79. The Morgan fingerprint density at radius 1 is 1.04 bits per heavy atom. The third-order valence-electron chi connectivity index (χ3n) is 3.87. The van der Waals surface area contributed by atoms with Gasteiger partial charge in [-0.25, -0.2) is 22.3 Å². The summed E-state index contributed by atoms with van der Waals surface area (Å²) in [6.45, 7) is 1.84. The van der Waals surface area contributed by atoms with E-state index in [2.05, 4.69) is 4.98 Å². The molecule has 0 atom stereocenters. The van der Waals surface area contributed by atoms with Crippen LogP contribution in [-0.4, -0.2) is 13.4 Å². The molecule has 1 aromatic heterocycles. The van der Waals surface area contributed by atoms with Crippen LogP contribution in [0.25, 0.3) is 22.4 Å². The zero-order chi connectivity index (χ0) is 19.1. The molecule has 0 saturated carbocycles. The van der Waals surface area contributed by atoms with E-state index in [1.165, 1.54) is 6.20 Å². The summed E-state index contributed by atoms with van der Waals surface area (Å²) in [5, 5.41) is 5.42. The maximum atomic E-state index is 14.5. The van der Waals surface area contributed by atoms with Crippen LogP contribution in [0.2, 0.25) is 5.02 Å². The molecule has 2 N–H and O–H groups in total. The molecular weight excluding hydrogens is 382 g/mol. The van der Waals surface area contributed by atoms with E-state index in [0.29, 0.717) is 22.2 Å². The lowest BCUT2D eigenvalue weighted by molar-refractivity contribution is 0.555. The van der Waals surface area contributed by atoms with Crippen molar-refractivity contribution in [3.05, 3.63) is 70.9 Å². The number of benzene rings is 2. The van der Waals surface area contributed by atoms with Crippen LogP contribution in [0.3, 0.4) is 0 Å². The highest BCUT2D eigenvalue weighted by Gasteiger charge is 2.21. The van der Waals surface area contributed by atoms with E-state index >= 15 is 0 Å². The lowest BCUT2D eigenvalue weighted by Gasteiger charge is -2.12. The summed E-state index contributed by atoms with van der Waals surface area (Å²) in [5.74, 6) is -2.10. The second-order valence-electron chi connectivity index (χ2n) is 5.67. The molecule has 0 bridgehead atoms. The number of aromatic nitrogens is 1. The van der Waals surface area contributed by atoms with Crippen molar-refractivity contribution in [2.75, 3.05) is 0 Å². The Morgan fingerprint density at radius 2 is 1.77 bits per heavy atom. The van der Waals surface area contributed by atoms with E-state index < -0.39 is 26.6 Å². The topological polar surface area (TPSA) is 73.0 Å². The highest BCUT2D eigenvalue weighted by molar-refractivity contribution is 7.89. The van der Waals surface area contributed by atoms with E-state index in [4.69, 9.17) is 16.7 Å². The van der Waals surface area contributed by atoms with E-state index in [1.807, 2.05) is 6.92 Å². The number of pyridine rings is 1. The first-order chi connectivity index (χ1) is 12.2. The lowest BCUT2D eigenvalue weighted by Crippen LogP contribution is -2.14. The fraction of sp³-hybridized carbons (Fsp3) is 0.0556. The first-order valence-electron chi connectivity index (χ1n) is 7.42. The van der Waals surface area contributed by atoms with Crippen molar-refractivity contribution in [2.45, 2.75) is 11.8 Å². The number of rotatable bonds is 3. The van der Waals surface area contributed by atoms with E-state index in [0.717, 1.165) is 11.6 Å². The molecule has 0 spiro atoms. The highest BCUT2D eigenvalue weighted by Crippen LogP contribution is 2.34. The highest BCUT2D eigenvalue weighted by atomic mass is 35.5. The summed E-state index contributed by atoms with van der Waals surface area (Å²) in [4.78, 5) is 3.23. The van der Waals surface area contributed by atoms with Gasteiger partial charge >= 0.3 is 0 Å². The third kappa shape index (κ3) is 3.46. The van der Waals surface area contributed by atoms with Gasteiger partial charge < -0.3 is 0 Å². The molecule has 0 aliphatic rings. The van der Waals surface area contributed by atoms with Crippen molar-refractivity contribution < 1.29 is 17.2 Å².